The van der Waals surface area contributed by atoms with Crippen molar-refractivity contribution in [2.24, 2.45) is 0 Å². The molecule has 0 aliphatic heterocycles. The zero-order valence-electron chi connectivity index (χ0n) is 11.8. The van der Waals surface area contributed by atoms with Crippen molar-refractivity contribution in [1.29, 1.82) is 0 Å². The zero-order chi connectivity index (χ0) is 13.2. The van der Waals surface area contributed by atoms with Crippen molar-refractivity contribution in [3.8, 4) is 0 Å². The topological polar surface area (TPSA) is 0 Å². The lowest BCUT2D eigenvalue weighted by molar-refractivity contribution is 0.392. The summed E-state index contributed by atoms with van der Waals surface area (Å²) >= 11 is 0. The Bertz CT molecular complexity index is 527. The Balaban J connectivity index is 2.25. The summed E-state index contributed by atoms with van der Waals surface area (Å²) in [5, 5.41) is 0. The summed E-state index contributed by atoms with van der Waals surface area (Å²) in [4.78, 5) is 0. The fourth-order valence-electron chi connectivity index (χ4n) is 2.28. The molecule has 0 aliphatic carbocycles. The number of hydrogen-bond donors (Lipinski definition) is 0. The van der Waals surface area contributed by atoms with E-state index in [0.29, 0.717) is 0 Å². The van der Waals surface area contributed by atoms with Crippen LogP contribution in [0.5, 0.6) is 0 Å². The van der Waals surface area contributed by atoms with Crippen molar-refractivity contribution in [3.63, 3.8) is 0 Å². The highest BCUT2D eigenvalue weighted by atomic mass is 15.3. The molecule has 0 radical (unpaired) electrons. The molecule has 0 fully saturated rings. The molecule has 0 unspecified atom stereocenters. The lowest BCUT2D eigenvalue weighted by Gasteiger charge is -2.29. The third-order valence-corrected chi connectivity index (χ3v) is 3.60. The molecule has 18 heavy (non-hydrogen) atoms. The van der Waals surface area contributed by atoms with Gasteiger partial charge in [-0.2, -0.15) is 0 Å². The van der Waals surface area contributed by atoms with E-state index >= 15 is 0 Å². The van der Waals surface area contributed by atoms with Crippen LogP contribution in [0.15, 0.2) is 48.5 Å². The Hall–Kier alpha value is -1.60. The van der Waals surface area contributed by atoms with Crippen molar-refractivity contribution in [2.75, 3.05) is 14.1 Å². The lowest BCUT2D eigenvalue weighted by Crippen LogP contribution is -2.39. The molecule has 0 heterocycles. The third-order valence-electron chi connectivity index (χ3n) is 3.60. The number of hydrogen-bond acceptors (Lipinski definition) is 0. The number of benzene rings is 2. The fraction of sp³-hybridized carbons (Fsp3) is 0.294. The van der Waals surface area contributed by atoms with Gasteiger partial charge < -0.3 is 0 Å². The van der Waals surface area contributed by atoms with Gasteiger partial charge >= 0.3 is 0 Å². The van der Waals surface area contributed by atoms with Crippen LogP contribution in [0.4, 0.5) is 5.69 Å². The van der Waals surface area contributed by atoms with Crippen LogP contribution in [-0.2, 0) is 6.54 Å². The summed E-state index contributed by atoms with van der Waals surface area (Å²) in [5.41, 5.74) is 5.48. The Morgan fingerprint density at radius 3 is 2.11 bits per heavy atom. The van der Waals surface area contributed by atoms with Crippen molar-refractivity contribution < 1.29 is 0 Å². The van der Waals surface area contributed by atoms with Crippen LogP contribution in [0.25, 0.3) is 0 Å². The molecule has 1 nitrogen and oxygen atoms in total. The number of aryl methyl sites for hydroxylation is 2. The minimum atomic E-state index is 0.878. The summed E-state index contributed by atoms with van der Waals surface area (Å²) in [6.07, 6.45) is 0. The second kappa shape index (κ2) is 4.95. The first-order valence-electron chi connectivity index (χ1n) is 6.44. The molecule has 0 amide bonds. The van der Waals surface area contributed by atoms with Gasteiger partial charge in [0.1, 0.15) is 12.2 Å². The Morgan fingerprint density at radius 1 is 0.833 bits per heavy atom. The van der Waals surface area contributed by atoms with Crippen LogP contribution in [0, 0.1) is 13.8 Å². The van der Waals surface area contributed by atoms with Gasteiger partial charge in [0, 0.05) is 5.56 Å². The molecule has 0 atom stereocenters. The van der Waals surface area contributed by atoms with Crippen LogP contribution in [-0.4, -0.2) is 14.1 Å². The molecule has 94 valence electrons. The number of para-hydroxylation sites is 1. The second-order valence-corrected chi connectivity index (χ2v) is 5.60. The third kappa shape index (κ3) is 2.80. The molecule has 0 saturated carbocycles. The highest BCUT2D eigenvalue weighted by Crippen LogP contribution is 2.22. The van der Waals surface area contributed by atoms with Gasteiger partial charge in [-0.05, 0) is 37.1 Å². The van der Waals surface area contributed by atoms with E-state index in [1.165, 1.54) is 22.4 Å². The summed E-state index contributed by atoms with van der Waals surface area (Å²) in [7, 11) is 4.51. The maximum absolute atomic E-state index is 2.30. The predicted molar refractivity (Wildman–Crippen MR) is 79.7 cm³/mol. The molecular weight excluding hydrogens is 218 g/mol. The minimum Gasteiger partial charge on any atom is -0.292 e. The van der Waals surface area contributed by atoms with Crippen LogP contribution in [0.1, 0.15) is 16.7 Å². The smallest absolute Gasteiger partial charge is 0.132 e. The van der Waals surface area contributed by atoms with Gasteiger partial charge in [0.25, 0.3) is 0 Å². The van der Waals surface area contributed by atoms with Gasteiger partial charge in [-0.25, -0.2) is 0 Å². The van der Waals surface area contributed by atoms with Gasteiger partial charge in [0.05, 0.1) is 14.1 Å². The predicted octanol–water partition coefficient (Wildman–Crippen LogP) is 4.07. The SMILES string of the molecule is Cc1ccc(C[N+](C)(C)c2ccccc2)cc1C. The maximum Gasteiger partial charge on any atom is 0.132 e. The molecule has 1 heteroatoms. The van der Waals surface area contributed by atoms with E-state index in [2.05, 4.69) is 76.5 Å². The molecular formula is C17H22N+. The molecule has 0 saturated heterocycles. The summed E-state index contributed by atoms with van der Waals surface area (Å²) in [5.74, 6) is 0. The van der Waals surface area contributed by atoms with Crippen molar-refractivity contribution in [2.45, 2.75) is 20.4 Å². The number of rotatable bonds is 3. The summed E-state index contributed by atoms with van der Waals surface area (Å²) < 4.78 is 0.878. The number of nitrogens with zero attached hydrogens (tertiary/aromatic N) is 1. The van der Waals surface area contributed by atoms with Crippen molar-refractivity contribution in [1.82, 2.24) is 4.48 Å². The van der Waals surface area contributed by atoms with Crippen LogP contribution >= 0.6 is 0 Å². The average Bonchev–Trinajstić information content (AvgIpc) is 2.35. The summed E-state index contributed by atoms with van der Waals surface area (Å²) in [6, 6.07) is 17.4. The van der Waals surface area contributed by atoms with Crippen LogP contribution < -0.4 is 4.48 Å². The van der Waals surface area contributed by atoms with E-state index in [0.717, 1.165) is 11.0 Å². The highest BCUT2D eigenvalue weighted by molar-refractivity contribution is 5.42. The molecule has 0 bridgehead atoms. The Kier molecular flexibility index (Phi) is 3.53. The molecule has 0 N–H and O–H groups in total. The zero-order valence-corrected chi connectivity index (χ0v) is 11.8. The van der Waals surface area contributed by atoms with Crippen molar-refractivity contribution >= 4 is 5.69 Å². The normalized spacial score (nSPS) is 11.6. The van der Waals surface area contributed by atoms with E-state index in [-0.39, 0.29) is 0 Å². The first-order valence-corrected chi connectivity index (χ1v) is 6.44. The Labute approximate surface area is 110 Å². The van der Waals surface area contributed by atoms with Gasteiger partial charge in [0.15, 0.2) is 0 Å². The van der Waals surface area contributed by atoms with E-state index in [1.54, 1.807) is 0 Å². The Morgan fingerprint density at radius 2 is 1.50 bits per heavy atom. The number of quaternary nitrogens is 1. The first kappa shape index (κ1) is 12.8. The monoisotopic (exact) mass is 240 g/mol. The van der Waals surface area contributed by atoms with Crippen LogP contribution in [0.3, 0.4) is 0 Å². The van der Waals surface area contributed by atoms with E-state index in [9.17, 15) is 0 Å². The minimum absolute atomic E-state index is 0.878. The maximum atomic E-state index is 2.30. The largest absolute Gasteiger partial charge is 0.292 e. The molecule has 0 spiro atoms. The highest BCUT2D eigenvalue weighted by Gasteiger charge is 2.19. The van der Waals surface area contributed by atoms with Crippen LogP contribution in [0.2, 0.25) is 0 Å². The summed E-state index contributed by atoms with van der Waals surface area (Å²) in [6.45, 7) is 5.36. The van der Waals surface area contributed by atoms with E-state index < -0.39 is 0 Å². The first-order chi connectivity index (χ1) is 8.49. The molecule has 2 rings (SSSR count). The lowest BCUT2D eigenvalue weighted by atomic mass is 10.1. The van der Waals surface area contributed by atoms with E-state index in [1.807, 2.05) is 0 Å². The molecule has 0 aliphatic rings. The fourth-order valence-corrected chi connectivity index (χ4v) is 2.28. The average molecular weight is 240 g/mol. The molecule has 2 aromatic carbocycles. The van der Waals surface area contributed by atoms with Gasteiger partial charge in [-0.15, -0.1) is 0 Å². The molecule has 2 aromatic rings. The van der Waals surface area contributed by atoms with Gasteiger partial charge in [-0.1, -0.05) is 36.4 Å². The van der Waals surface area contributed by atoms with Gasteiger partial charge in [-0.3, -0.25) is 4.48 Å². The van der Waals surface area contributed by atoms with Crippen molar-refractivity contribution in [3.05, 3.63) is 65.2 Å². The molecule has 0 aromatic heterocycles. The van der Waals surface area contributed by atoms with E-state index in [4.69, 9.17) is 0 Å². The standard InChI is InChI=1S/C17H22N/c1-14-10-11-16(12-15(14)2)13-18(3,4)17-8-6-5-7-9-17/h5-12H,13H2,1-4H3/q+1. The van der Waals surface area contributed by atoms with Gasteiger partial charge in [0.2, 0.25) is 0 Å². The second-order valence-electron chi connectivity index (χ2n) is 5.60. The quantitative estimate of drug-likeness (QED) is 0.709.